The van der Waals surface area contributed by atoms with Gasteiger partial charge in [-0.15, -0.1) is 0 Å². The predicted molar refractivity (Wildman–Crippen MR) is 79.5 cm³/mol. The fraction of sp³-hybridized carbons (Fsp3) is 0.235. The van der Waals surface area contributed by atoms with Crippen LogP contribution in [0.4, 0.5) is 4.39 Å². The van der Waals surface area contributed by atoms with Crippen molar-refractivity contribution in [1.29, 1.82) is 0 Å². The lowest BCUT2D eigenvalue weighted by Gasteiger charge is -2.09. The molecule has 1 N–H and O–H groups in total. The smallest absolute Gasteiger partial charge is 0.251 e. The highest BCUT2D eigenvalue weighted by molar-refractivity contribution is 5.95. The molecule has 2 aromatic carbocycles. The third kappa shape index (κ3) is 4.13. The molecule has 0 spiro atoms. The number of rotatable bonds is 5. The van der Waals surface area contributed by atoms with E-state index in [1.807, 2.05) is 24.3 Å². The van der Waals surface area contributed by atoms with Crippen molar-refractivity contribution in [2.45, 2.75) is 20.1 Å². The molecular weight excluding hydrogens is 269 g/mol. The first-order valence-electron chi connectivity index (χ1n) is 6.71. The molecule has 21 heavy (non-hydrogen) atoms. The normalized spacial score (nSPS) is 10.4. The van der Waals surface area contributed by atoms with E-state index in [4.69, 9.17) is 4.74 Å². The summed E-state index contributed by atoms with van der Waals surface area (Å²) >= 11 is 0. The van der Waals surface area contributed by atoms with Gasteiger partial charge in [0, 0.05) is 19.2 Å². The molecule has 0 saturated carbocycles. The quantitative estimate of drug-likeness (QED) is 0.917. The minimum atomic E-state index is -0.337. The van der Waals surface area contributed by atoms with E-state index in [0.29, 0.717) is 24.3 Å². The molecule has 2 rings (SSSR count). The number of nitrogens with one attached hydrogen (secondary N) is 1. The Bertz CT molecular complexity index is 640. The zero-order chi connectivity index (χ0) is 15.2. The van der Waals surface area contributed by atoms with Gasteiger partial charge in [-0.3, -0.25) is 4.79 Å². The lowest BCUT2D eigenvalue weighted by molar-refractivity contribution is 0.0950. The van der Waals surface area contributed by atoms with Crippen LogP contribution in [-0.4, -0.2) is 13.0 Å². The van der Waals surface area contributed by atoms with Crippen LogP contribution in [0.25, 0.3) is 0 Å². The van der Waals surface area contributed by atoms with Gasteiger partial charge in [-0.05, 0) is 41.8 Å². The summed E-state index contributed by atoms with van der Waals surface area (Å²) in [6, 6.07) is 12.0. The summed E-state index contributed by atoms with van der Waals surface area (Å²) < 4.78 is 18.1. The van der Waals surface area contributed by atoms with Crippen LogP contribution in [0.3, 0.4) is 0 Å². The molecule has 0 aliphatic heterocycles. The van der Waals surface area contributed by atoms with Gasteiger partial charge >= 0.3 is 0 Å². The van der Waals surface area contributed by atoms with Gasteiger partial charge in [0.2, 0.25) is 0 Å². The largest absolute Gasteiger partial charge is 0.380 e. The first kappa shape index (κ1) is 15.2. The Hall–Kier alpha value is -2.20. The Labute approximate surface area is 123 Å². The molecule has 0 heterocycles. The molecule has 0 bridgehead atoms. The molecule has 0 unspecified atom stereocenters. The summed E-state index contributed by atoms with van der Waals surface area (Å²) in [4.78, 5) is 12.1. The van der Waals surface area contributed by atoms with Crippen LogP contribution in [0.5, 0.6) is 0 Å². The number of methoxy groups -OCH3 is 1. The molecule has 0 fully saturated rings. The molecule has 2 aromatic rings. The number of hydrogen-bond acceptors (Lipinski definition) is 2. The van der Waals surface area contributed by atoms with E-state index in [9.17, 15) is 9.18 Å². The molecular formula is C17H18FNO2. The number of carbonyl (C=O) groups excluding carboxylic acids is 1. The van der Waals surface area contributed by atoms with Crippen molar-refractivity contribution < 1.29 is 13.9 Å². The maximum Gasteiger partial charge on any atom is 0.251 e. The lowest BCUT2D eigenvalue weighted by Crippen LogP contribution is -2.23. The maximum absolute atomic E-state index is 13.0. The number of hydrogen-bond donors (Lipinski definition) is 1. The molecule has 110 valence electrons. The van der Waals surface area contributed by atoms with Gasteiger partial charge in [-0.1, -0.05) is 24.3 Å². The van der Waals surface area contributed by atoms with Crippen LogP contribution in [0.2, 0.25) is 0 Å². The van der Waals surface area contributed by atoms with E-state index < -0.39 is 0 Å². The summed E-state index contributed by atoms with van der Waals surface area (Å²) in [5, 5.41) is 2.84. The maximum atomic E-state index is 13.0. The number of halogens is 1. The van der Waals surface area contributed by atoms with Gasteiger partial charge in [-0.25, -0.2) is 4.39 Å². The fourth-order valence-corrected chi connectivity index (χ4v) is 2.16. The van der Waals surface area contributed by atoms with Crippen molar-refractivity contribution in [2.24, 2.45) is 0 Å². The Morgan fingerprint density at radius 3 is 2.67 bits per heavy atom. The van der Waals surface area contributed by atoms with Gasteiger partial charge in [0.1, 0.15) is 5.82 Å². The molecule has 1 amide bonds. The van der Waals surface area contributed by atoms with Crippen LogP contribution >= 0.6 is 0 Å². The number of amides is 1. The summed E-state index contributed by atoms with van der Waals surface area (Å²) in [5.41, 5.74) is 3.17. The molecule has 4 heteroatoms. The Morgan fingerprint density at radius 2 is 1.95 bits per heavy atom. The second-order valence-corrected chi connectivity index (χ2v) is 4.89. The number of benzene rings is 2. The topological polar surface area (TPSA) is 38.3 Å². The monoisotopic (exact) mass is 287 g/mol. The van der Waals surface area contributed by atoms with E-state index in [1.165, 1.54) is 18.2 Å². The first-order valence-corrected chi connectivity index (χ1v) is 6.71. The number of carbonyl (C=O) groups is 1. The molecule has 0 aliphatic rings. The molecule has 0 saturated heterocycles. The van der Waals surface area contributed by atoms with Gasteiger partial charge in [0.05, 0.1) is 6.61 Å². The second-order valence-electron chi connectivity index (χ2n) is 4.89. The minimum absolute atomic E-state index is 0.204. The summed E-state index contributed by atoms with van der Waals surface area (Å²) in [6.07, 6.45) is 0. The van der Waals surface area contributed by atoms with Crippen molar-refractivity contribution in [1.82, 2.24) is 5.32 Å². The third-order valence-electron chi connectivity index (χ3n) is 3.19. The van der Waals surface area contributed by atoms with Crippen LogP contribution in [-0.2, 0) is 17.9 Å². The van der Waals surface area contributed by atoms with E-state index in [1.54, 1.807) is 14.0 Å². The molecule has 0 aromatic heterocycles. The Kier molecular flexibility index (Phi) is 5.06. The second kappa shape index (κ2) is 6.99. The molecule has 0 atom stereocenters. The Balaban J connectivity index is 2.02. The number of ether oxygens (including phenoxy) is 1. The Morgan fingerprint density at radius 1 is 1.19 bits per heavy atom. The van der Waals surface area contributed by atoms with Crippen molar-refractivity contribution in [2.75, 3.05) is 7.11 Å². The molecule has 0 aliphatic carbocycles. The zero-order valence-electron chi connectivity index (χ0n) is 12.2. The van der Waals surface area contributed by atoms with Crippen molar-refractivity contribution in [3.8, 4) is 0 Å². The lowest BCUT2D eigenvalue weighted by atomic mass is 10.1. The van der Waals surface area contributed by atoms with Crippen LogP contribution < -0.4 is 5.32 Å². The van der Waals surface area contributed by atoms with E-state index in [0.717, 1.165) is 11.1 Å². The summed E-state index contributed by atoms with van der Waals surface area (Å²) in [7, 11) is 1.64. The van der Waals surface area contributed by atoms with E-state index in [2.05, 4.69) is 5.32 Å². The van der Waals surface area contributed by atoms with Crippen LogP contribution in [0.1, 0.15) is 27.0 Å². The van der Waals surface area contributed by atoms with E-state index in [-0.39, 0.29) is 11.7 Å². The minimum Gasteiger partial charge on any atom is -0.380 e. The highest BCUT2D eigenvalue weighted by atomic mass is 19.1. The van der Waals surface area contributed by atoms with Gasteiger partial charge in [0.15, 0.2) is 0 Å². The van der Waals surface area contributed by atoms with Gasteiger partial charge in [-0.2, -0.15) is 0 Å². The standard InChI is InChI=1S/C17H18FNO2/c1-12-8-15(18)6-7-16(12)17(20)19-10-13-4-3-5-14(9-13)11-21-2/h3-9H,10-11H2,1-2H3,(H,19,20). The van der Waals surface area contributed by atoms with Crippen LogP contribution in [0.15, 0.2) is 42.5 Å². The number of aryl methyl sites for hydroxylation is 1. The van der Waals surface area contributed by atoms with Crippen molar-refractivity contribution in [3.63, 3.8) is 0 Å². The highest BCUT2D eigenvalue weighted by Gasteiger charge is 2.09. The SMILES string of the molecule is COCc1cccc(CNC(=O)c2ccc(F)cc2C)c1. The summed E-state index contributed by atoms with van der Waals surface area (Å²) in [5.74, 6) is -0.541. The van der Waals surface area contributed by atoms with Gasteiger partial charge in [0.25, 0.3) is 5.91 Å². The van der Waals surface area contributed by atoms with E-state index >= 15 is 0 Å². The van der Waals surface area contributed by atoms with Crippen molar-refractivity contribution in [3.05, 3.63) is 70.5 Å². The average molecular weight is 287 g/mol. The molecule has 3 nitrogen and oxygen atoms in total. The first-order chi connectivity index (χ1) is 10.1. The fourth-order valence-electron chi connectivity index (χ4n) is 2.16. The average Bonchev–Trinajstić information content (AvgIpc) is 2.45. The summed E-state index contributed by atoms with van der Waals surface area (Å²) in [6.45, 7) is 2.68. The van der Waals surface area contributed by atoms with Gasteiger partial charge < -0.3 is 10.1 Å². The third-order valence-corrected chi connectivity index (χ3v) is 3.19. The zero-order valence-corrected chi connectivity index (χ0v) is 12.2. The highest BCUT2D eigenvalue weighted by Crippen LogP contribution is 2.11. The van der Waals surface area contributed by atoms with Crippen LogP contribution in [0, 0.1) is 12.7 Å². The van der Waals surface area contributed by atoms with Crippen molar-refractivity contribution >= 4 is 5.91 Å². The molecule has 0 radical (unpaired) electrons. The predicted octanol–water partition coefficient (Wildman–Crippen LogP) is 3.21.